The summed E-state index contributed by atoms with van der Waals surface area (Å²) in [5.41, 5.74) is 1.11. The molecule has 0 aliphatic rings. The molecule has 168 valence electrons. The second-order valence-electron chi connectivity index (χ2n) is 8.67. The normalized spacial score (nSPS) is 11.5. The first-order chi connectivity index (χ1) is 13.7. The summed E-state index contributed by atoms with van der Waals surface area (Å²) in [7, 11) is 0. The van der Waals surface area contributed by atoms with E-state index in [1.807, 2.05) is 6.92 Å². The number of carbonyl (C=O) groups excluding carboxylic acids is 3. The first kappa shape index (κ1) is 25.2. The van der Waals surface area contributed by atoms with E-state index in [0.717, 1.165) is 17.0 Å². The van der Waals surface area contributed by atoms with Gasteiger partial charge in [-0.15, -0.1) is 0 Å². The maximum absolute atomic E-state index is 13.7. The number of carbonyl (C=O) groups is 3. The Hall–Kier alpha value is -2.84. The standard InChI is InChI=1S/C21H31FN2O6/c1-8-9-17(25)30-23-16-12-15(22)11-10-14(16)13-24(18(26)28-20(2,3)4)19(27)29-21(5,6)7/h10-12,23H,8-9,13H2,1-7H3. The van der Waals surface area contributed by atoms with E-state index >= 15 is 0 Å². The maximum Gasteiger partial charge on any atom is 0.420 e. The minimum absolute atomic E-state index is 0.0940. The van der Waals surface area contributed by atoms with Gasteiger partial charge in [-0.2, -0.15) is 0 Å². The van der Waals surface area contributed by atoms with Crippen LogP contribution in [0.5, 0.6) is 0 Å². The van der Waals surface area contributed by atoms with E-state index in [1.165, 1.54) is 6.07 Å². The molecule has 0 aliphatic carbocycles. The Morgan fingerprint density at radius 1 is 1.00 bits per heavy atom. The first-order valence-corrected chi connectivity index (χ1v) is 9.69. The predicted octanol–water partition coefficient (Wildman–Crippen LogP) is 5.17. The maximum atomic E-state index is 13.7. The van der Waals surface area contributed by atoms with Crippen molar-refractivity contribution in [2.24, 2.45) is 0 Å². The quantitative estimate of drug-likeness (QED) is 0.495. The van der Waals surface area contributed by atoms with Crippen LogP contribution in [0.2, 0.25) is 0 Å². The van der Waals surface area contributed by atoms with Gasteiger partial charge in [0.1, 0.15) is 17.0 Å². The minimum atomic E-state index is -0.921. The molecule has 0 unspecified atom stereocenters. The molecule has 0 saturated carbocycles. The molecule has 0 atom stereocenters. The van der Waals surface area contributed by atoms with Gasteiger partial charge in [-0.05, 0) is 59.6 Å². The van der Waals surface area contributed by atoms with Crippen molar-refractivity contribution in [1.29, 1.82) is 0 Å². The first-order valence-electron chi connectivity index (χ1n) is 9.69. The topological polar surface area (TPSA) is 94.2 Å². The number of rotatable bonds is 6. The zero-order chi connectivity index (χ0) is 23.1. The summed E-state index contributed by atoms with van der Waals surface area (Å²) in [5.74, 6) is -1.11. The Morgan fingerprint density at radius 3 is 2.00 bits per heavy atom. The average Bonchev–Trinajstić information content (AvgIpc) is 2.56. The Labute approximate surface area is 176 Å². The van der Waals surface area contributed by atoms with Crippen LogP contribution < -0.4 is 5.48 Å². The van der Waals surface area contributed by atoms with Gasteiger partial charge in [-0.25, -0.2) is 29.2 Å². The van der Waals surface area contributed by atoms with Gasteiger partial charge >= 0.3 is 18.2 Å². The number of ether oxygens (including phenoxy) is 2. The summed E-state index contributed by atoms with van der Waals surface area (Å²) in [6.07, 6.45) is -1.08. The van der Waals surface area contributed by atoms with E-state index in [9.17, 15) is 18.8 Å². The fraction of sp³-hybridized carbons (Fsp3) is 0.571. The van der Waals surface area contributed by atoms with Crippen LogP contribution in [-0.4, -0.2) is 34.3 Å². The number of nitrogens with zero attached hydrogens (tertiary/aromatic N) is 1. The molecule has 0 heterocycles. The zero-order valence-corrected chi connectivity index (χ0v) is 18.6. The van der Waals surface area contributed by atoms with E-state index in [4.69, 9.17) is 14.3 Å². The summed E-state index contributed by atoms with van der Waals surface area (Å²) >= 11 is 0. The molecule has 0 aromatic heterocycles. The number of nitrogens with one attached hydrogen (secondary N) is 1. The van der Waals surface area contributed by atoms with Crippen molar-refractivity contribution in [2.75, 3.05) is 5.48 Å². The highest BCUT2D eigenvalue weighted by molar-refractivity contribution is 5.88. The van der Waals surface area contributed by atoms with Crippen LogP contribution in [-0.2, 0) is 25.7 Å². The second kappa shape index (κ2) is 10.3. The molecule has 1 aromatic carbocycles. The van der Waals surface area contributed by atoms with Gasteiger partial charge in [-0.3, -0.25) is 0 Å². The summed E-state index contributed by atoms with van der Waals surface area (Å²) in [6, 6.07) is 3.63. The van der Waals surface area contributed by atoms with E-state index in [1.54, 1.807) is 41.5 Å². The molecule has 0 bridgehead atoms. The molecule has 30 heavy (non-hydrogen) atoms. The third-order valence-electron chi connectivity index (χ3n) is 3.36. The van der Waals surface area contributed by atoms with E-state index < -0.39 is 35.2 Å². The van der Waals surface area contributed by atoms with Crippen molar-refractivity contribution in [1.82, 2.24) is 4.90 Å². The average molecular weight is 426 g/mol. The van der Waals surface area contributed by atoms with E-state index in [2.05, 4.69) is 5.48 Å². The van der Waals surface area contributed by atoms with E-state index in [0.29, 0.717) is 12.0 Å². The molecule has 0 aliphatic heterocycles. The van der Waals surface area contributed by atoms with Crippen LogP contribution in [0.15, 0.2) is 18.2 Å². The molecule has 0 radical (unpaired) electrons. The summed E-state index contributed by atoms with van der Waals surface area (Å²) in [4.78, 5) is 42.6. The Kier molecular flexibility index (Phi) is 8.62. The number of amides is 2. The molecule has 1 N–H and O–H groups in total. The lowest BCUT2D eigenvalue weighted by molar-refractivity contribution is -0.140. The number of benzene rings is 1. The molecule has 9 heteroatoms. The number of hydrogen-bond acceptors (Lipinski definition) is 7. The van der Waals surface area contributed by atoms with Gasteiger partial charge in [-0.1, -0.05) is 13.0 Å². The Morgan fingerprint density at radius 2 is 1.53 bits per heavy atom. The van der Waals surface area contributed by atoms with Crippen molar-refractivity contribution in [3.63, 3.8) is 0 Å². The molecule has 2 amide bonds. The third kappa shape index (κ3) is 9.11. The lowest BCUT2D eigenvalue weighted by Crippen LogP contribution is -2.43. The zero-order valence-electron chi connectivity index (χ0n) is 18.6. The SMILES string of the molecule is CCCC(=O)ONc1cc(F)ccc1CN(C(=O)OC(C)(C)C)C(=O)OC(C)(C)C. The molecule has 1 aromatic rings. The van der Waals surface area contributed by atoms with Crippen molar-refractivity contribution in [3.8, 4) is 0 Å². The summed E-state index contributed by atoms with van der Waals surface area (Å²) < 4.78 is 24.4. The number of halogens is 1. The monoisotopic (exact) mass is 426 g/mol. The van der Waals surface area contributed by atoms with Crippen LogP contribution in [0, 0.1) is 5.82 Å². The van der Waals surface area contributed by atoms with Gasteiger partial charge in [0.05, 0.1) is 12.2 Å². The van der Waals surface area contributed by atoms with Crippen LogP contribution in [0.1, 0.15) is 66.9 Å². The smallest absolute Gasteiger partial charge is 0.420 e. The van der Waals surface area contributed by atoms with Crippen LogP contribution in [0.3, 0.4) is 0 Å². The highest BCUT2D eigenvalue weighted by Gasteiger charge is 2.32. The van der Waals surface area contributed by atoms with Crippen LogP contribution >= 0.6 is 0 Å². The molecular weight excluding hydrogens is 395 g/mol. The molecule has 0 fully saturated rings. The highest BCUT2D eigenvalue weighted by atomic mass is 19.1. The van der Waals surface area contributed by atoms with Gasteiger partial charge in [0.15, 0.2) is 0 Å². The van der Waals surface area contributed by atoms with Gasteiger partial charge < -0.3 is 14.3 Å². The molecule has 1 rings (SSSR count). The molecule has 8 nitrogen and oxygen atoms in total. The molecule has 0 saturated heterocycles. The predicted molar refractivity (Wildman–Crippen MR) is 109 cm³/mol. The van der Waals surface area contributed by atoms with Crippen LogP contribution in [0.25, 0.3) is 0 Å². The number of hydrogen-bond donors (Lipinski definition) is 1. The number of anilines is 1. The van der Waals surface area contributed by atoms with Gasteiger partial charge in [0.2, 0.25) is 0 Å². The Balaban J connectivity index is 3.16. The molecule has 0 spiro atoms. The van der Waals surface area contributed by atoms with Crippen molar-refractivity contribution < 1.29 is 33.1 Å². The van der Waals surface area contributed by atoms with Crippen molar-refractivity contribution >= 4 is 23.8 Å². The lowest BCUT2D eigenvalue weighted by Gasteiger charge is -2.29. The van der Waals surface area contributed by atoms with Gasteiger partial charge in [0.25, 0.3) is 0 Å². The Bertz CT molecular complexity index is 740. The number of imide groups is 1. The molecular formula is C21H31FN2O6. The lowest BCUT2D eigenvalue weighted by atomic mass is 10.1. The van der Waals surface area contributed by atoms with Crippen molar-refractivity contribution in [2.45, 2.75) is 79.1 Å². The summed E-state index contributed by atoms with van der Waals surface area (Å²) in [6.45, 7) is 11.5. The second-order valence-corrected chi connectivity index (χ2v) is 8.67. The summed E-state index contributed by atoms with van der Waals surface area (Å²) in [5, 5.41) is 0. The fourth-order valence-corrected chi connectivity index (χ4v) is 2.16. The minimum Gasteiger partial charge on any atom is -0.443 e. The largest absolute Gasteiger partial charge is 0.443 e. The van der Waals surface area contributed by atoms with Crippen molar-refractivity contribution in [3.05, 3.63) is 29.6 Å². The van der Waals surface area contributed by atoms with E-state index in [-0.39, 0.29) is 18.7 Å². The fourth-order valence-electron chi connectivity index (χ4n) is 2.16. The van der Waals surface area contributed by atoms with Crippen LogP contribution in [0.4, 0.5) is 19.7 Å². The third-order valence-corrected chi connectivity index (χ3v) is 3.36. The van der Waals surface area contributed by atoms with Gasteiger partial charge in [0, 0.05) is 12.5 Å². The highest BCUT2D eigenvalue weighted by Crippen LogP contribution is 2.23.